The van der Waals surface area contributed by atoms with E-state index in [0.29, 0.717) is 5.92 Å². The average Bonchev–Trinajstić information content (AvgIpc) is 3.67. The van der Waals surface area contributed by atoms with Gasteiger partial charge in [0.25, 0.3) is 0 Å². The molecule has 0 fully saturated rings. The Hall–Kier alpha value is -3.93. The smallest absolute Gasteiger partial charge is 0.132 e. The highest BCUT2D eigenvalue weighted by Gasteiger charge is 2.34. The van der Waals surface area contributed by atoms with Crippen molar-refractivity contribution in [3.8, 4) is 0 Å². The number of anilines is 3. The summed E-state index contributed by atoms with van der Waals surface area (Å²) in [6, 6.07) is 31.8. The molecule has 1 aliphatic heterocycles. The molecule has 3 nitrogen and oxygen atoms in total. The van der Waals surface area contributed by atoms with E-state index in [9.17, 15) is 0 Å². The van der Waals surface area contributed by atoms with Crippen LogP contribution in [-0.2, 0) is 0 Å². The molecule has 0 bridgehead atoms. The summed E-state index contributed by atoms with van der Waals surface area (Å²) in [5, 5.41) is 8.49. The predicted molar refractivity (Wildman–Crippen MR) is 170 cm³/mol. The Labute approximate surface area is 239 Å². The van der Waals surface area contributed by atoms with Gasteiger partial charge in [-0.2, -0.15) is 0 Å². The lowest BCUT2D eigenvalue weighted by molar-refractivity contribution is 0.839. The van der Waals surface area contributed by atoms with Gasteiger partial charge in [0.15, 0.2) is 0 Å². The molecule has 5 heteroatoms. The minimum Gasteiger partial charge on any atom is -0.359 e. The Morgan fingerprint density at radius 1 is 0.795 bits per heavy atom. The monoisotopic (exact) mass is 544 g/mol. The van der Waals surface area contributed by atoms with Crippen molar-refractivity contribution in [2.24, 2.45) is 0 Å². The highest BCUT2D eigenvalue weighted by molar-refractivity contribution is 7.26. The highest BCUT2D eigenvalue weighted by Crippen LogP contribution is 2.52. The van der Waals surface area contributed by atoms with Gasteiger partial charge in [0, 0.05) is 51.0 Å². The number of fused-ring (bicyclic) bond motifs is 7. The molecular formula is C34H27N3S2. The van der Waals surface area contributed by atoms with E-state index in [2.05, 4.69) is 108 Å². The molecule has 0 aliphatic carbocycles. The maximum atomic E-state index is 7.87. The Kier molecular flexibility index (Phi) is 4.39. The van der Waals surface area contributed by atoms with Crippen LogP contribution in [0.15, 0.2) is 91.0 Å². The SMILES string of the molecule is [2H]C([2H])([2H])c1ccc2c(n1)sc1c(C3Nc4ccccc4N3c3ccc(C(C)C)c4sc5ccccc5c34)cccc12. The molecule has 0 radical (unpaired) electrons. The first-order valence-electron chi connectivity index (χ1n) is 14.7. The van der Waals surface area contributed by atoms with Crippen LogP contribution in [0.1, 0.15) is 46.9 Å². The lowest BCUT2D eigenvalue weighted by Crippen LogP contribution is -2.23. The summed E-state index contributed by atoms with van der Waals surface area (Å²) >= 11 is 3.45. The van der Waals surface area contributed by atoms with Crippen LogP contribution < -0.4 is 10.2 Å². The fraction of sp³-hybridized carbons (Fsp3) is 0.147. The van der Waals surface area contributed by atoms with Crippen molar-refractivity contribution < 1.29 is 4.11 Å². The number of aromatic nitrogens is 1. The molecule has 1 atom stereocenters. The summed E-state index contributed by atoms with van der Waals surface area (Å²) in [6.45, 7) is 2.29. The fourth-order valence-electron chi connectivity index (χ4n) is 6.04. The number of hydrogen-bond donors (Lipinski definition) is 1. The average molecular weight is 545 g/mol. The van der Waals surface area contributed by atoms with E-state index in [1.54, 1.807) is 17.4 Å². The van der Waals surface area contributed by atoms with E-state index in [-0.39, 0.29) is 11.9 Å². The standard InChI is InChI=1S/C34H27N3S2/c1-19(2)21-17-18-28(30-24-9-4-7-14-29(24)38-32(21)30)37-27-13-6-5-12-26(27)36-33(37)25-11-8-10-22-23-16-15-20(3)35-34(23)39-31(22)25/h4-19,33,36H,1-3H3/i3D3. The summed E-state index contributed by atoms with van der Waals surface area (Å²) in [7, 11) is 0. The molecule has 39 heavy (non-hydrogen) atoms. The van der Waals surface area contributed by atoms with Gasteiger partial charge in [-0.15, -0.1) is 22.7 Å². The molecular weight excluding hydrogens is 515 g/mol. The number of hydrogen-bond acceptors (Lipinski definition) is 5. The van der Waals surface area contributed by atoms with Gasteiger partial charge < -0.3 is 10.2 Å². The first-order chi connectivity index (χ1) is 20.3. The zero-order valence-corrected chi connectivity index (χ0v) is 23.2. The fourth-order valence-corrected chi connectivity index (χ4v) is 8.64. The number of thiophene rings is 2. The third kappa shape index (κ3) is 3.36. The van der Waals surface area contributed by atoms with Gasteiger partial charge in [0.2, 0.25) is 0 Å². The molecule has 1 unspecified atom stereocenters. The highest BCUT2D eigenvalue weighted by atomic mass is 32.1. The lowest BCUT2D eigenvalue weighted by atomic mass is 9.98. The van der Waals surface area contributed by atoms with Crippen LogP contribution in [-0.4, -0.2) is 4.98 Å². The zero-order valence-electron chi connectivity index (χ0n) is 24.5. The van der Waals surface area contributed by atoms with Gasteiger partial charge in [-0.1, -0.05) is 68.4 Å². The first kappa shape index (κ1) is 20.0. The van der Waals surface area contributed by atoms with Crippen molar-refractivity contribution in [2.45, 2.75) is 32.8 Å². The van der Waals surface area contributed by atoms with Crippen molar-refractivity contribution in [3.05, 3.63) is 108 Å². The third-order valence-electron chi connectivity index (χ3n) is 7.82. The lowest BCUT2D eigenvalue weighted by Gasteiger charge is -2.29. The van der Waals surface area contributed by atoms with Crippen LogP contribution >= 0.6 is 22.7 Å². The molecule has 3 aromatic heterocycles. The van der Waals surface area contributed by atoms with Crippen molar-refractivity contribution in [1.82, 2.24) is 4.98 Å². The summed E-state index contributed by atoms with van der Waals surface area (Å²) in [5.41, 5.74) is 6.04. The Morgan fingerprint density at radius 2 is 1.64 bits per heavy atom. The molecule has 190 valence electrons. The topological polar surface area (TPSA) is 28.2 Å². The molecule has 1 N–H and O–H groups in total. The van der Waals surface area contributed by atoms with Gasteiger partial charge in [-0.05, 0) is 54.7 Å². The van der Waals surface area contributed by atoms with Crippen molar-refractivity contribution in [2.75, 3.05) is 10.2 Å². The molecule has 4 heterocycles. The Balaban J connectivity index is 1.39. The molecule has 4 aromatic carbocycles. The van der Waals surface area contributed by atoms with Crippen LogP contribution in [0.4, 0.5) is 17.1 Å². The zero-order chi connectivity index (χ0) is 28.7. The molecule has 0 saturated carbocycles. The van der Waals surface area contributed by atoms with Gasteiger partial charge in [-0.25, -0.2) is 4.98 Å². The van der Waals surface area contributed by atoms with Crippen molar-refractivity contribution in [3.63, 3.8) is 0 Å². The number of para-hydroxylation sites is 2. The van der Waals surface area contributed by atoms with Crippen LogP contribution in [0.25, 0.3) is 40.5 Å². The van der Waals surface area contributed by atoms with E-state index in [0.717, 1.165) is 37.2 Å². The molecule has 0 amide bonds. The van der Waals surface area contributed by atoms with Crippen LogP contribution in [0.3, 0.4) is 0 Å². The maximum absolute atomic E-state index is 7.87. The normalized spacial score (nSPS) is 16.6. The van der Waals surface area contributed by atoms with Crippen LogP contribution in [0, 0.1) is 6.85 Å². The van der Waals surface area contributed by atoms with E-state index in [1.165, 1.54) is 31.4 Å². The number of nitrogens with zero attached hydrogens (tertiary/aromatic N) is 2. The van der Waals surface area contributed by atoms with Crippen molar-refractivity contribution in [1.29, 1.82) is 0 Å². The Morgan fingerprint density at radius 3 is 2.54 bits per heavy atom. The van der Waals surface area contributed by atoms with Crippen molar-refractivity contribution >= 4 is 80.2 Å². The second kappa shape index (κ2) is 8.54. The van der Waals surface area contributed by atoms with Gasteiger partial charge in [-0.3, -0.25) is 0 Å². The van der Waals surface area contributed by atoms with Gasteiger partial charge in [0.05, 0.1) is 17.1 Å². The van der Waals surface area contributed by atoms with E-state index < -0.39 is 6.85 Å². The quantitative estimate of drug-likeness (QED) is 0.240. The second-order valence-corrected chi connectivity index (χ2v) is 12.5. The number of pyridine rings is 1. The summed E-state index contributed by atoms with van der Waals surface area (Å²) < 4.78 is 27.4. The molecule has 0 saturated heterocycles. The predicted octanol–water partition coefficient (Wildman–Crippen LogP) is 10.5. The molecule has 7 aromatic rings. The summed E-state index contributed by atoms with van der Waals surface area (Å²) in [5.74, 6) is 0.411. The summed E-state index contributed by atoms with van der Waals surface area (Å²) in [4.78, 5) is 7.78. The summed E-state index contributed by atoms with van der Waals surface area (Å²) in [6.07, 6.45) is -0.159. The molecule has 0 spiro atoms. The van der Waals surface area contributed by atoms with E-state index in [4.69, 9.17) is 4.11 Å². The van der Waals surface area contributed by atoms with Crippen LogP contribution in [0.2, 0.25) is 0 Å². The number of rotatable bonds is 3. The number of nitrogens with one attached hydrogen (secondary N) is 1. The maximum Gasteiger partial charge on any atom is 0.132 e. The van der Waals surface area contributed by atoms with E-state index >= 15 is 0 Å². The third-order valence-corrected chi connectivity index (χ3v) is 10.2. The minimum absolute atomic E-state index is 0.132. The number of aryl methyl sites for hydroxylation is 1. The minimum atomic E-state index is -2.24. The van der Waals surface area contributed by atoms with Gasteiger partial charge in [0.1, 0.15) is 11.0 Å². The first-order valence-corrected chi connectivity index (χ1v) is 14.8. The Bertz CT molecular complexity index is 2180. The largest absolute Gasteiger partial charge is 0.359 e. The van der Waals surface area contributed by atoms with E-state index in [1.807, 2.05) is 17.4 Å². The number of benzene rings is 4. The molecule has 1 aliphatic rings. The van der Waals surface area contributed by atoms with Gasteiger partial charge >= 0.3 is 0 Å². The molecule has 8 rings (SSSR count). The van der Waals surface area contributed by atoms with Crippen LogP contribution in [0.5, 0.6) is 0 Å². The second-order valence-electron chi connectivity index (χ2n) is 10.4.